The van der Waals surface area contributed by atoms with Gasteiger partial charge in [0.2, 0.25) is 0 Å². The maximum Gasteiger partial charge on any atom is 0.253 e. The predicted molar refractivity (Wildman–Crippen MR) is 109 cm³/mol. The van der Waals surface area contributed by atoms with E-state index < -0.39 is 0 Å². The third-order valence-electron chi connectivity index (χ3n) is 5.04. The van der Waals surface area contributed by atoms with Gasteiger partial charge in [0.05, 0.1) is 29.5 Å². The van der Waals surface area contributed by atoms with Crippen molar-refractivity contribution < 1.29 is 13.9 Å². The van der Waals surface area contributed by atoms with Crippen molar-refractivity contribution in [3.8, 4) is 0 Å². The second kappa shape index (κ2) is 8.13. The van der Waals surface area contributed by atoms with Gasteiger partial charge in [0.25, 0.3) is 5.91 Å². The summed E-state index contributed by atoms with van der Waals surface area (Å²) >= 11 is 0. The van der Waals surface area contributed by atoms with Crippen molar-refractivity contribution in [2.45, 2.75) is 26.5 Å². The number of carbonyl (C=O) groups excluding carboxylic acids is 1. The van der Waals surface area contributed by atoms with Crippen molar-refractivity contribution in [1.82, 2.24) is 15.3 Å². The van der Waals surface area contributed by atoms with E-state index in [1.165, 1.54) is 12.1 Å². The first-order valence-electron chi connectivity index (χ1n) is 9.66. The number of morpholine rings is 1. The minimum atomic E-state index is -0.343. The highest BCUT2D eigenvalue weighted by molar-refractivity contribution is 5.98. The average molecular weight is 394 g/mol. The average Bonchev–Trinajstić information content (AvgIpc) is 2.72. The van der Waals surface area contributed by atoms with E-state index in [2.05, 4.69) is 27.1 Å². The lowest BCUT2D eigenvalue weighted by Crippen LogP contribution is -2.41. The molecule has 1 saturated heterocycles. The second-order valence-corrected chi connectivity index (χ2v) is 7.29. The smallest absolute Gasteiger partial charge is 0.253 e. The summed E-state index contributed by atoms with van der Waals surface area (Å²) in [6.07, 6.45) is 1.98. The molecule has 1 aliphatic rings. The lowest BCUT2D eigenvalue weighted by Gasteiger charge is -2.32. The number of nitrogens with zero attached hydrogens (tertiary/aromatic N) is 3. The largest absolute Gasteiger partial charge is 0.375 e. The number of carbonyl (C=O) groups is 1. The molecule has 0 unspecified atom stereocenters. The number of amides is 1. The summed E-state index contributed by atoms with van der Waals surface area (Å²) in [7, 11) is 0. The molecule has 150 valence electrons. The number of hydrogen-bond acceptors (Lipinski definition) is 5. The fourth-order valence-corrected chi connectivity index (χ4v) is 3.48. The van der Waals surface area contributed by atoms with Gasteiger partial charge in [-0.2, -0.15) is 0 Å². The Kier molecular flexibility index (Phi) is 5.40. The molecular formula is C22H23FN4O2. The van der Waals surface area contributed by atoms with Crippen LogP contribution in [0.3, 0.4) is 0 Å². The Balaban J connectivity index is 1.42. The number of pyridine rings is 2. The Hall–Kier alpha value is -3.06. The molecule has 3 aromatic rings. The predicted octanol–water partition coefficient (Wildman–Crippen LogP) is 3.23. The molecule has 1 N–H and O–H groups in total. The highest BCUT2D eigenvalue weighted by atomic mass is 19.1. The molecule has 29 heavy (non-hydrogen) atoms. The third-order valence-corrected chi connectivity index (χ3v) is 5.04. The Morgan fingerprint density at radius 3 is 2.93 bits per heavy atom. The lowest BCUT2D eigenvalue weighted by molar-refractivity contribution is 0.0529. The molecule has 0 spiro atoms. The first-order chi connectivity index (χ1) is 14.0. The molecule has 2 aromatic heterocycles. The molecule has 1 amide bonds. The first kappa shape index (κ1) is 19.3. The van der Waals surface area contributed by atoms with E-state index >= 15 is 0 Å². The minimum Gasteiger partial charge on any atom is -0.375 e. The van der Waals surface area contributed by atoms with Crippen molar-refractivity contribution in [1.29, 1.82) is 0 Å². The number of fused-ring (bicyclic) bond motifs is 1. The van der Waals surface area contributed by atoms with Crippen LogP contribution in [0.1, 0.15) is 28.5 Å². The van der Waals surface area contributed by atoms with Gasteiger partial charge in [-0.15, -0.1) is 0 Å². The Morgan fingerprint density at radius 2 is 2.17 bits per heavy atom. The number of aromatic nitrogens is 2. The van der Waals surface area contributed by atoms with Crippen LogP contribution in [-0.4, -0.2) is 41.7 Å². The van der Waals surface area contributed by atoms with Gasteiger partial charge >= 0.3 is 0 Å². The Morgan fingerprint density at radius 1 is 1.31 bits per heavy atom. The molecule has 0 radical (unpaired) electrons. The van der Waals surface area contributed by atoms with Gasteiger partial charge in [0.15, 0.2) is 0 Å². The van der Waals surface area contributed by atoms with Gasteiger partial charge in [-0.3, -0.25) is 9.78 Å². The van der Waals surface area contributed by atoms with Crippen LogP contribution in [-0.2, 0) is 11.3 Å². The molecule has 1 aliphatic heterocycles. The Bertz CT molecular complexity index is 1040. The standard InChI is InChI=1S/C22H23FN4O2/c1-14-13-27(7-8-29-14)21-6-3-16(11-24-21)12-25-22(28)19-9-17-4-5-18(23)10-20(17)26-15(19)2/h3-6,9-11,14H,7-8,12-13H2,1-2H3,(H,25,28)/t14-/m0/s1. The number of anilines is 1. The quantitative estimate of drug-likeness (QED) is 0.736. The zero-order valence-electron chi connectivity index (χ0n) is 16.5. The third kappa shape index (κ3) is 4.35. The summed E-state index contributed by atoms with van der Waals surface area (Å²) in [5.41, 5.74) is 2.50. The van der Waals surface area contributed by atoms with Gasteiger partial charge in [0.1, 0.15) is 11.6 Å². The molecule has 7 heteroatoms. The summed E-state index contributed by atoms with van der Waals surface area (Å²) in [5.74, 6) is 0.355. The van der Waals surface area contributed by atoms with E-state index in [1.807, 2.05) is 12.1 Å². The van der Waals surface area contributed by atoms with Crippen molar-refractivity contribution in [2.75, 3.05) is 24.6 Å². The summed E-state index contributed by atoms with van der Waals surface area (Å²) in [4.78, 5) is 23.7. The molecule has 3 heterocycles. The van der Waals surface area contributed by atoms with E-state index in [0.717, 1.165) is 29.9 Å². The van der Waals surface area contributed by atoms with Crippen LogP contribution in [0.5, 0.6) is 0 Å². The molecule has 1 atom stereocenters. The molecule has 4 rings (SSSR count). The number of halogens is 1. The van der Waals surface area contributed by atoms with E-state index in [-0.39, 0.29) is 17.8 Å². The summed E-state index contributed by atoms with van der Waals surface area (Å²) in [6.45, 7) is 6.51. The van der Waals surface area contributed by atoms with Crippen molar-refractivity contribution in [2.24, 2.45) is 0 Å². The Labute approximate surface area is 168 Å². The highest BCUT2D eigenvalue weighted by Gasteiger charge is 2.18. The fourth-order valence-electron chi connectivity index (χ4n) is 3.48. The van der Waals surface area contributed by atoms with Gasteiger partial charge in [0, 0.05) is 37.3 Å². The van der Waals surface area contributed by atoms with Crippen LogP contribution in [0.15, 0.2) is 42.6 Å². The molecule has 0 bridgehead atoms. The van der Waals surface area contributed by atoms with E-state index in [0.29, 0.717) is 29.9 Å². The maximum absolute atomic E-state index is 13.4. The number of rotatable bonds is 4. The molecule has 1 fully saturated rings. The lowest BCUT2D eigenvalue weighted by atomic mass is 10.1. The number of nitrogens with one attached hydrogen (secondary N) is 1. The van der Waals surface area contributed by atoms with E-state index in [1.54, 1.807) is 25.3 Å². The van der Waals surface area contributed by atoms with Gasteiger partial charge in [-0.05, 0) is 43.7 Å². The molecule has 6 nitrogen and oxygen atoms in total. The summed E-state index contributed by atoms with van der Waals surface area (Å²) < 4.78 is 18.9. The van der Waals surface area contributed by atoms with Crippen LogP contribution in [0.4, 0.5) is 10.2 Å². The maximum atomic E-state index is 13.4. The van der Waals surface area contributed by atoms with Crippen molar-refractivity contribution in [3.05, 3.63) is 65.2 Å². The molecular weight excluding hydrogens is 371 g/mol. The van der Waals surface area contributed by atoms with Gasteiger partial charge < -0.3 is 15.0 Å². The monoisotopic (exact) mass is 394 g/mol. The number of benzene rings is 1. The van der Waals surface area contributed by atoms with Crippen LogP contribution in [0, 0.1) is 12.7 Å². The topological polar surface area (TPSA) is 67.4 Å². The second-order valence-electron chi connectivity index (χ2n) is 7.29. The normalized spacial score (nSPS) is 16.8. The minimum absolute atomic E-state index is 0.194. The van der Waals surface area contributed by atoms with E-state index in [4.69, 9.17) is 4.74 Å². The highest BCUT2D eigenvalue weighted by Crippen LogP contribution is 2.18. The molecule has 1 aromatic carbocycles. The van der Waals surface area contributed by atoms with E-state index in [9.17, 15) is 9.18 Å². The first-order valence-corrected chi connectivity index (χ1v) is 9.66. The van der Waals surface area contributed by atoms with Gasteiger partial charge in [-0.25, -0.2) is 9.37 Å². The van der Waals surface area contributed by atoms with Crippen LogP contribution < -0.4 is 10.2 Å². The van der Waals surface area contributed by atoms with Crippen LogP contribution in [0.25, 0.3) is 10.9 Å². The number of hydrogen-bond donors (Lipinski definition) is 1. The van der Waals surface area contributed by atoms with Gasteiger partial charge in [-0.1, -0.05) is 6.07 Å². The molecule has 0 aliphatic carbocycles. The van der Waals surface area contributed by atoms with Crippen molar-refractivity contribution >= 4 is 22.6 Å². The number of aryl methyl sites for hydroxylation is 1. The molecule has 0 saturated carbocycles. The van der Waals surface area contributed by atoms with Crippen LogP contribution in [0.2, 0.25) is 0 Å². The zero-order chi connectivity index (χ0) is 20.4. The van der Waals surface area contributed by atoms with Crippen LogP contribution >= 0.6 is 0 Å². The van der Waals surface area contributed by atoms with Crippen molar-refractivity contribution in [3.63, 3.8) is 0 Å². The zero-order valence-corrected chi connectivity index (χ0v) is 16.5. The number of ether oxygens (including phenoxy) is 1. The summed E-state index contributed by atoms with van der Waals surface area (Å²) in [5, 5.41) is 3.64. The SMILES string of the molecule is Cc1nc2cc(F)ccc2cc1C(=O)NCc1ccc(N2CCO[C@@H](C)C2)nc1. The summed E-state index contributed by atoms with van der Waals surface area (Å²) in [6, 6.07) is 10.0. The fraction of sp³-hybridized carbons (Fsp3) is 0.318.